The highest BCUT2D eigenvalue weighted by Crippen LogP contribution is 2.40. The van der Waals surface area contributed by atoms with Crippen LogP contribution in [0, 0.1) is 12.3 Å². The van der Waals surface area contributed by atoms with Crippen molar-refractivity contribution >= 4 is 23.6 Å². The molecule has 1 aliphatic heterocycles. The summed E-state index contributed by atoms with van der Waals surface area (Å²) in [5.74, 6) is 3.46. The van der Waals surface area contributed by atoms with Gasteiger partial charge in [0.1, 0.15) is 23.7 Å². The Bertz CT molecular complexity index is 1040. The van der Waals surface area contributed by atoms with Crippen molar-refractivity contribution < 1.29 is 14.3 Å². The zero-order chi connectivity index (χ0) is 22.4. The van der Waals surface area contributed by atoms with E-state index in [1.165, 1.54) is 5.69 Å². The Kier molecular flexibility index (Phi) is 6.87. The van der Waals surface area contributed by atoms with Crippen LogP contribution in [0.5, 0.6) is 11.5 Å². The molecule has 0 aromatic heterocycles. The maximum absolute atomic E-state index is 13.0. The summed E-state index contributed by atoms with van der Waals surface area (Å²) in [6, 6.07) is 11.7. The topological polar surface area (TPSA) is 38.8 Å². The van der Waals surface area contributed by atoms with Gasteiger partial charge in [-0.1, -0.05) is 24.1 Å². The van der Waals surface area contributed by atoms with E-state index in [-0.39, 0.29) is 12.4 Å². The third-order valence-corrected chi connectivity index (χ3v) is 5.20. The maximum atomic E-state index is 13.0. The third kappa shape index (κ3) is 5.19. The molecular weight excluding hydrogens is 386 g/mol. The van der Waals surface area contributed by atoms with Crippen LogP contribution in [0.25, 0.3) is 12.2 Å². The number of rotatable bonds is 8. The van der Waals surface area contributed by atoms with Gasteiger partial charge in [0.15, 0.2) is 5.78 Å². The Morgan fingerprint density at radius 2 is 1.87 bits per heavy atom. The van der Waals surface area contributed by atoms with Gasteiger partial charge in [0.25, 0.3) is 0 Å². The Labute approximate surface area is 185 Å². The summed E-state index contributed by atoms with van der Waals surface area (Å²) >= 11 is 0. The number of hydrogen-bond donors (Lipinski definition) is 0. The van der Waals surface area contributed by atoms with Gasteiger partial charge in [-0.2, -0.15) is 0 Å². The Balaban J connectivity index is 1.86. The van der Waals surface area contributed by atoms with E-state index in [2.05, 4.69) is 36.8 Å². The van der Waals surface area contributed by atoms with Crippen LogP contribution in [0.4, 0.5) is 5.69 Å². The number of anilines is 1. The van der Waals surface area contributed by atoms with Crippen molar-refractivity contribution in [3.63, 3.8) is 0 Å². The van der Waals surface area contributed by atoms with Gasteiger partial charge in [-0.25, -0.2) is 0 Å². The van der Waals surface area contributed by atoms with Crippen molar-refractivity contribution in [2.45, 2.75) is 33.3 Å². The van der Waals surface area contributed by atoms with Crippen molar-refractivity contribution in [2.75, 3.05) is 24.6 Å². The fourth-order valence-corrected chi connectivity index (χ4v) is 3.52. The van der Waals surface area contributed by atoms with Gasteiger partial charge in [0, 0.05) is 18.8 Å². The van der Waals surface area contributed by atoms with Gasteiger partial charge in [-0.15, -0.1) is 6.42 Å². The van der Waals surface area contributed by atoms with Crippen molar-refractivity contribution in [2.24, 2.45) is 0 Å². The lowest BCUT2D eigenvalue weighted by atomic mass is 9.97. The maximum Gasteiger partial charge on any atom is 0.189 e. The summed E-state index contributed by atoms with van der Waals surface area (Å²) in [7, 11) is 0. The highest BCUT2D eigenvalue weighted by Gasteiger charge is 2.27. The van der Waals surface area contributed by atoms with E-state index in [4.69, 9.17) is 15.9 Å². The van der Waals surface area contributed by atoms with Gasteiger partial charge in [0.2, 0.25) is 0 Å². The Hall–Kier alpha value is -3.45. The van der Waals surface area contributed by atoms with Crippen LogP contribution in [-0.2, 0) is 0 Å². The van der Waals surface area contributed by atoms with Crippen molar-refractivity contribution in [3.05, 3.63) is 65.2 Å². The summed E-state index contributed by atoms with van der Waals surface area (Å²) in [6.07, 6.45) is 12.6. The molecule has 4 nitrogen and oxygen atoms in total. The fraction of sp³-hybridized carbons (Fsp3) is 0.296. The Morgan fingerprint density at radius 3 is 2.52 bits per heavy atom. The van der Waals surface area contributed by atoms with E-state index in [0.717, 1.165) is 24.2 Å². The van der Waals surface area contributed by atoms with Crippen LogP contribution in [0.1, 0.15) is 49.2 Å². The van der Waals surface area contributed by atoms with E-state index < -0.39 is 5.60 Å². The highest BCUT2D eigenvalue weighted by molar-refractivity contribution is 6.09. The molecular formula is C27H29NO3. The van der Waals surface area contributed by atoms with Crippen LogP contribution in [-0.4, -0.2) is 31.1 Å². The van der Waals surface area contributed by atoms with E-state index in [1.807, 2.05) is 44.2 Å². The number of carbonyl (C=O) groups is 1. The van der Waals surface area contributed by atoms with Crippen molar-refractivity contribution in [1.82, 2.24) is 0 Å². The smallest absolute Gasteiger partial charge is 0.189 e. The number of allylic oxidation sites excluding steroid dienone is 1. The third-order valence-electron chi connectivity index (χ3n) is 5.20. The predicted octanol–water partition coefficient (Wildman–Crippen LogP) is 5.63. The van der Waals surface area contributed by atoms with E-state index in [0.29, 0.717) is 17.1 Å². The molecule has 1 heterocycles. The molecule has 0 fully saturated rings. The van der Waals surface area contributed by atoms with Crippen LogP contribution in [0.15, 0.2) is 48.6 Å². The second kappa shape index (κ2) is 9.57. The fourth-order valence-electron chi connectivity index (χ4n) is 3.52. The summed E-state index contributed by atoms with van der Waals surface area (Å²) < 4.78 is 11.8. The summed E-state index contributed by atoms with van der Waals surface area (Å²) in [4.78, 5) is 15.3. The minimum Gasteiger partial charge on any atom is -0.482 e. The van der Waals surface area contributed by atoms with Crippen LogP contribution < -0.4 is 14.4 Å². The van der Waals surface area contributed by atoms with Gasteiger partial charge < -0.3 is 14.4 Å². The molecule has 0 atom stereocenters. The molecule has 31 heavy (non-hydrogen) atoms. The molecule has 1 aliphatic rings. The lowest BCUT2D eigenvalue weighted by molar-refractivity contribution is 0.103. The molecule has 2 aromatic rings. The van der Waals surface area contributed by atoms with Crippen LogP contribution >= 0.6 is 0 Å². The van der Waals surface area contributed by atoms with Crippen LogP contribution in [0.2, 0.25) is 0 Å². The number of nitrogens with zero attached hydrogens (tertiary/aromatic N) is 1. The first-order chi connectivity index (χ1) is 14.9. The Morgan fingerprint density at radius 1 is 1.16 bits per heavy atom. The first kappa shape index (κ1) is 22.2. The molecule has 2 aromatic carbocycles. The summed E-state index contributed by atoms with van der Waals surface area (Å²) in [6.45, 7) is 10.2. The quantitative estimate of drug-likeness (QED) is 0.318. The number of hydrogen-bond acceptors (Lipinski definition) is 4. The lowest BCUT2D eigenvalue weighted by Gasteiger charge is -2.30. The molecule has 0 amide bonds. The summed E-state index contributed by atoms with van der Waals surface area (Å²) in [5.41, 5.74) is 2.85. The molecule has 0 saturated heterocycles. The number of terminal acetylenes is 1. The molecule has 0 N–H and O–H groups in total. The zero-order valence-electron chi connectivity index (χ0n) is 18.6. The predicted molar refractivity (Wildman–Crippen MR) is 128 cm³/mol. The molecule has 0 radical (unpaired) electrons. The van der Waals surface area contributed by atoms with Gasteiger partial charge in [0.05, 0.1) is 11.1 Å². The molecule has 160 valence electrons. The van der Waals surface area contributed by atoms with Crippen molar-refractivity contribution in [3.8, 4) is 23.8 Å². The number of fused-ring (bicyclic) bond motifs is 1. The lowest BCUT2D eigenvalue weighted by Crippen LogP contribution is -2.28. The number of ketones is 1. The first-order valence-electron chi connectivity index (χ1n) is 10.6. The average Bonchev–Trinajstić information content (AvgIpc) is 2.76. The second-order valence-electron chi connectivity index (χ2n) is 7.85. The normalized spacial score (nSPS) is 13.9. The molecule has 4 heteroatoms. The van der Waals surface area contributed by atoms with E-state index in [9.17, 15) is 4.79 Å². The number of carbonyl (C=O) groups excluding carboxylic acids is 1. The average molecular weight is 416 g/mol. The molecule has 3 rings (SSSR count). The molecule has 0 aliphatic carbocycles. The number of benzene rings is 2. The monoisotopic (exact) mass is 415 g/mol. The van der Waals surface area contributed by atoms with E-state index in [1.54, 1.807) is 18.2 Å². The van der Waals surface area contributed by atoms with E-state index >= 15 is 0 Å². The van der Waals surface area contributed by atoms with Crippen molar-refractivity contribution in [1.29, 1.82) is 0 Å². The molecule has 0 unspecified atom stereocenters. The standard InChI is InChI=1S/C27H29NO3/c1-6-19-30-25-16-14-22(26-23(25)17-18-27(4,5)31-26)24(29)15-11-20-9-12-21(13-10-20)28(7-2)8-3/h1,9-18H,7-8,19H2,2-5H3/b15-11+. The van der Waals surface area contributed by atoms with Gasteiger partial charge in [-0.05, 0) is 75.8 Å². The number of ether oxygens (including phenoxy) is 2. The molecule has 0 saturated carbocycles. The first-order valence-corrected chi connectivity index (χ1v) is 10.6. The van der Waals surface area contributed by atoms with Gasteiger partial charge in [-0.3, -0.25) is 4.79 Å². The molecule has 0 spiro atoms. The highest BCUT2D eigenvalue weighted by atomic mass is 16.5. The second-order valence-corrected chi connectivity index (χ2v) is 7.85. The molecule has 0 bridgehead atoms. The zero-order valence-corrected chi connectivity index (χ0v) is 18.6. The minimum absolute atomic E-state index is 0.126. The summed E-state index contributed by atoms with van der Waals surface area (Å²) in [5, 5.41) is 0. The largest absolute Gasteiger partial charge is 0.482 e. The SMILES string of the molecule is C#CCOc1ccc(C(=O)/C=C/c2ccc(N(CC)CC)cc2)c2c1C=CC(C)(C)O2. The minimum atomic E-state index is -0.517. The van der Waals surface area contributed by atoms with Crippen LogP contribution in [0.3, 0.4) is 0 Å². The van der Waals surface area contributed by atoms with Gasteiger partial charge >= 0.3 is 0 Å².